The van der Waals surface area contributed by atoms with E-state index in [2.05, 4.69) is 10.6 Å². The average Bonchev–Trinajstić information content (AvgIpc) is 2.55. The molecule has 2 rings (SSSR count). The lowest BCUT2D eigenvalue weighted by Crippen LogP contribution is -2.35. The van der Waals surface area contributed by atoms with Gasteiger partial charge in [0.1, 0.15) is 0 Å². The van der Waals surface area contributed by atoms with Gasteiger partial charge < -0.3 is 16.4 Å². The number of hydrogen-bond acceptors (Lipinski definition) is 3. The van der Waals surface area contributed by atoms with Gasteiger partial charge in [0.15, 0.2) is 0 Å². The van der Waals surface area contributed by atoms with Gasteiger partial charge in [0, 0.05) is 5.69 Å². The molecule has 5 heteroatoms. The molecule has 0 aromatic heterocycles. The van der Waals surface area contributed by atoms with Gasteiger partial charge >= 0.3 is 0 Å². The minimum absolute atomic E-state index is 0.285. The highest BCUT2D eigenvalue weighted by atomic mass is 16.2. The fraction of sp³-hybridized carbons (Fsp3) is 0.176. The van der Waals surface area contributed by atoms with Crippen molar-refractivity contribution in [3.63, 3.8) is 0 Å². The van der Waals surface area contributed by atoms with Crippen molar-refractivity contribution < 1.29 is 9.59 Å². The summed E-state index contributed by atoms with van der Waals surface area (Å²) in [5.41, 5.74) is 7.24. The lowest BCUT2D eigenvalue weighted by molar-refractivity contribution is -0.117. The number of amides is 2. The Morgan fingerprint density at radius 1 is 1.00 bits per heavy atom. The van der Waals surface area contributed by atoms with Crippen LogP contribution in [0.4, 0.5) is 11.4 Å². The van der Waals surface area contributed by atoms with Crippen LogP contribution in [0.15, 0.2) is 54.6 Å². The van der Waals surface area contributed by atoms with E-state index in [9.17, 15) is 9.59 Å². The first-order valence-corrected chi connectivity index (χ1v) is 7.13. The zero-order chi connectivity index (χ0) is 15.9. The second-order valence-electron chi connectivity index (χ2n) is 4.87. The highest BCUT2D eigenvalue weighted by molar-refractivity contribution is 6.10. The Labute approximate surface area is 129 Å². The van der Waals surface area contributed by atoms with Crippen LogP contribution < -0.4 is 16.4 Å². The molecule has 0 spiro atoms. The molecule has 0 saturated heterocycles. The van der Waals surface area contributed by atoms with E-state index >= 15 is 0 Å². The summed E-state index contributed by atoms with van der Waals surface area (Å²) in [4.78, 5) is 24.3. The summed E-state index contributed by atoms with van der Waals surface area (Å²) in [5.74, 6) is -0.588. The predicted molar refractivity (Wildman–Crippen MR) is 87.7 cm³/mol. The van der Waals surface area contributed by atoms with Crippen LogP contribution in [0.3, 0.4) is 0 Å². The molecule has 0 saturated carbocycles. The molecule has 0 bridgehead atoms. The highest BCUT2D eigenvalue weighted by Gasteiger charge is 2.16. The number of anilines is 2. The largest absolute Gasteiger partial charge is 0.324 e. The van der Waals surface area contributed by atoms with Gasteiger partial charge in [0.25, 0.3) is 5.91 Å². The number of benzene rings is 2. The van der Waals surface area contributed by atoms with Crippen molar-refractivity contribution in [3.8, 4) is 0 Å². The number of nitrogens with two attached hydrogens (primary N) is 1. The number of hydrogen-bond donors (Lipinski definition) is 3. The molecule has 1 atom stereocenters. The third-order valence-corrected chi connectivity index (χ3v) is 3.24. The summed E-state index contributed by atoms with van der Waals surface area (Å²) in [5, 5.41) is 5.50. The average molecular weight is 297 g/mol. The van der Waals surface area contributed by atoms with Crippen molar-refractivity contribution in [2.24, 2.45) is 5.73 Å². The monoisotopic (exact) mass is 297 g/mol. The Morgan fingerprint density at radius 2 is 1.64 bits per heavy atom. The van der Waals surface area contributed by atoms with Crippen LogP contribution in [0.5, 0.6) is 0 Å². The van der Waals surface area contributed by atoms with E-state index in [1.165, 1.54) is 0 Å². The van der Waals surface area contributed by atoms with Crippen molar-refractivity contribution in [1.29, 1.82) is 0 Å². The Hall–Kier alpha value is -2.66. The molecule has 2 aromatic carbocycles. The normalized spacial score (nSPS) is 11.5. The van der Waals surface area contributed by atoms with E-state index in [1.54, 1.807) is 36.4 Å². The Balaban J connectivity index is 2.17. The molecule has 0 fully saturated rings. The number of carbonyl (C=O) groups excluding carboxylic acids is 2. The molecule has 0 aliphatic heterocycles. The molecule has 22 heavy (non-hydrogen) atoms. The molecular weight excluding hydrogens is 278 g/mol. The van der Waals surface area contributed by atoms with Gasteiger partial charge in [-0.25, -0.2) is 0 Å². The summed E-state index contributed by atoms with van der Waals surface area (Å²) in [6.07, 6.45) is 0.532. The Bertz CT molecular complexity index is 656. The van der Waals surface area contributed by atoms with Crippen LogP contribution in [-0.4, -0.2) is 17.9 Å². The van der Waals surface area contributed by atoms with Crippen LogP contribution in [0.1, 0.15) is 23.7 Å². The van der Waals surface area contributed by atoms with E-state index in [0.29, 0.717) is 23.4 Å². The summed E-state index contributed by atoms with van der Waals surface area (Å²) in [7, 11) is 0. The molecule has 1 unspecified atom stereocenters. The maximum absolute atomic E-state index is 12.4. The summed E-state index contributed by atoms with van der Waals surface area (Å²) in [6.45, 7) is 1.83. The molecule has 0 radical (unpaired) electrons. The second kappa shape index (κ2) is 7.38. The molecule has 2 amide bonds. The fourth-order valence-corrected chi connectivity index (χ4v) is 1.92. The smallest absolute Gasteiger partial charge is 0.257 e. The van der Waals surface area contributed by atoms with Crippen LogP contribution in [-0.2, 0) is 4.79 Å². The SMILES string of the molecule is CCC(N)C(=O)Nc1ccccc1C(=O)Nc1ccccc1. The van der Waals surface area contributed by atoms with Crippen molar-refractivity contribution >= 4 is 23.2 Å². The maximum Gasteiger partial charge on any atom is 0.257 e. The van der Waals surface area contributed by atoms with E-state index in [1.807, 2.05) is 25.1 Å². The van der Waals surface area contributed by atoms with Gasteiger partial charge in [0.2, 0.25) is 5.91 Å². The first kappa shape index (κ1) is 15.7. The highest BCUT2D eigenvalue weighted by Crippen LogP contribution is 2.17. The van der Waals surface area contributed by atoms with Crippen LogP contribution in [0, 0.1) is 0 Å². The fourth-order valence-electron chi connectivity index (χ4n) is 1.92. The van der Waals surface area contributed by atoms with E-state index < -0.39 is 6.04 Å². The third kappa shape index (κ3) is 3.93. The van der Waals surface area contributed by atoms with Gasteiger partial charge in [0.05, 0.1) is 17.3 Å². The number of para-hydroxylation sites is 2. The summed E-state index contributed by atoms with van der Waals surface area (Å²) in [6, 6.07) is 15.4. The van der Waals surface area contributed by atoms with Gasteiger partial charge in [-0.15, -0.1) is 0 Å². The number of carbonyl (C=O) groups is 2. The van der Waals surface area contributed by atoms with Gasteiger partial charge in [-0.05, 0) is 30.7 Å². The molecule has 0 heterocycles. The second-order valence-corrected chi connectivity index (χ2v) is 4.87. The Morgan fingerprint density at radius 3 is 2.32 bits per heavy atom. The predicted octanol–water partition coefficient (Wildman–Crippen LogP) is 2.61. The molecular formula is C17H19N3O2. The quantitative estimate of drug-likeness (QED) is 0.793. The minimum Gasteiger partial charge on any atom is -0.324 e. The standard InChI is InChI=1S/C17H19N3O2/c1-2-14(18)17(22)20-15-11-7-6-10-13(15)16(21)19-12-8-4-3-5-9-12/h3-11,14H,2,18H2,1H3,(H,19,21)(H,20,22). The zero-order valence-electron chi connectivity index (χ0n) is 12.4. The first-order valence-electron chi connectivity index (χ1n) is 7.13. The van der Waals surface area contributed by atoms with Crippen molar-refractivity contribution in [2.75, 3.05) is 10.6 Å². The van der Waals surface area contributed by atoms with Crippen molar-refractivity contribution in [3.05, 3.63) is 60.2 Å². The topological polar surface area (TPSA) is 84.2 Å². The van der Waals surface area contributed by atoms with E-state index in [0.717, 1.165) is 0 Å². The molecule has 0 aliphatic rings. The summed E-state index contributed by atoms with van der Waals surface area (Å²) < 4.78 is 0. The lowest BCUT2D eigenvalue weighted by Gasteiger charge is -2.13. The molecule has 5 nitrogen and oxygen atoms in total. The van der Waals surface area contributed by atoms with Crippen molar-refractivity contribution in [1.82, 2.24) is 0 Å². The number of nitrogens with one attached hydrogen (secondary N) is 2. The third-order valence-electron chi connectivity index (χ3n) is 3.24. The maximum atomic E-state index is 12.4. The van der Waals surface area contributed by atoms with Crippen LogP contribution in [0.2, 0.25) is 0 Å². The van der Waals surface area contributed by atoms with Gasteiger partial charge in [-0.3, -0.25) is 9.59 Å². The Kier molecular flexibility index (Phi) is 5.27. The van der Waals surface area contributed by atoms with Crippen LogP contribution in [0.25, 0.3) is 0 Å². The van der Waals surface area contributed by atoms with Gasteiger partial charge in [-0.1, -0.05) is 37.3 Å². The molecule has 114 valence electrons. The van der Waals surface area contributed by atoms with Crippen LogP contribution >= 0.6 is 0 Å². The number of rotatable bonds is 5. The molecule has 0 aliphatic carbocycles. The lowest BCUT2D eigenvalue weighted by atomic mass is 10.1. The van der Waals surface area contributed by atoms with Gasteiger partial charge in [-0.2, -0.15) is 0 Å². The first-order chi connectivity index (χ1) is 10.6. The van der Waals surface area contributed by atoms with E-state index in [-0.39, 0.29) is 11.8 Å². The molecule has 2 aromatic rings. The summed E-state index contributed by atoms with van der Waals surface area (Å²) >= 11 is 0. The molecule has 4 N–H and O–H groups in total. The minimum atomic E-state index is -0.592. The van der Waals surface area contributed by atoms with Crippen molar-refractivity contribution in [2.45, 2.75) is 19.4 Å². The van der Waals surface area contributed by atoms with E-state index in [4.69, 9.17) is 5.73 Å². The zero-order valence-corrected chi connectivity index (χ0v) is 12.4.